The zero-order chi connectivity index (χ0) is 18.7. The second kappa shape index (κ2) is 7.50. The van der Waals surface area contributed by atoms with Crippen LogP contribution in [0.15, 0.2) is 48.5 Å². The third kappa shape index (κ3) is 3.75. The van der Waals surface area contributed by atoms with E-state index in [9.17, 15) is 13.2 Å². The van der Waals surface area contributed by atoms with Gasteiger partial charge < -0.3 is 5.32 Å². The maximum Gasteiger partial charge on any atom is 0.251 e. The predicted molar refractivity (Wildman–Crippen MR) is 104 cm³/mol. The number of aryl methyl sites for hydroxylation is 1. The first-order chi connectivity index (χ1) is 12.4. The summed E-state index contributed by atoms with van der Waals surface area (Å²) >= 11 is 0. The van der Waals surface area contributed by atoms with Crippen molar-refractivity contribution in [1.29, 1.82) is 0 Å². The number of carbonyl (C=O) groups excluding carboxylic acids is 1. The first-order valence-electron chi connectivity index (χ1n) is 8.87. The molecule has 1 N–H and O–H groups in total. The van der Waals surface area contributed by atoms with Gasteiger partial charge in [0.2, 0.25) is 10.0 Å². The maximum absolute atomic E-state index is 12.6. The SMILES string of the molecule is CCS(=O)(=O)N(C)c1ccc(C(=O)N[C@H]2CCCc3ccccc32)cc1. The van der Waals surface area contributed by atoms with Gasteiger partial charge >= 0.3 is 0 Å². The van der Waals surface area contributed by atoms with Gasteiger partial charge in [-0.25, -0.2) is 8.42 Å². The van der Waals surface area contributed by atoms with E-state index in [0.29, 0.717) is 11.3 Å². The fraction of sp³-hybridized carbons (Fsp3) is 0.350. The van der Waals surface area contributed by atoms with Crippen LogP contribution in [0.3, 0.4) is 0 Å². The van der Waals surface area contributed by atoms with E-state index in [1.165, 1.54) is 22.5 Å². The minimum absolute atomic E-state index is 0.0234. The lowest BCUT2D eigenvalue weighted by molar-refractivity contribution is 0.0933. The van der Waals surface area contributed by atoms with Gasteiger partial charge in [-0.3, -0.25) is 9.10 Å². The molecule has 0 saturated carbocycles. The third-order valence-corrected chi connectivity index (χ3v) is 6.72. The number of amides is 1. The molecule has 0 unspecified atom stereocenters. The van der Waals surface area contributed by atoms with E-state index in [1.807, 2.05) is 12.1 Å². The van der Waals surface area contributed by atoms with Crippen LogP contribution in [0.5, 0.6) is 0 Å². The van der Waals surface area contributed by atoms with E-state index in [1.54, 1.807) is 31.2 Å². The normalized spacial score (nSPS) is 16.6. The quantitative estimate of drug-likeness (QED) is 0.876. The van der Waals surface area contributed by atoms with Crippen molar-refractivity contribution in [3.05, 3.63) is 65.2 Å². The van der Waals surface area contributed by atoms with Crippen molar-refractivity contribution < 1.29 is 13.2 Å². The predicted octanol–water partition coefficient (Wildman–Crippen LogP) is 3.28. The number of sulfonamides is 1. The van der Waals surface area contributed by atoms with Crippen LogP contribution in [-0.4, -0.2) is 27.1 Å². The van der Waals surface area contributed by atoms with E-state index in [4.69, 9.17) is 0 Å². The van der Waals surface area contributed by atoms with Crippen molar-refractivity contribution in [1.82, 2.24) is 5.32 Å². The van der Waals surface area contributed by atoms with Crippen LogP contribution in [0, 0.1) is 0 Å². The number of fused-ring (bicyclic) bond motifs is 1. The van der Waals surface area contributed by atoms with Crippen LogP contribution in [0.25, 0.3) is 0 Å². The molecule has 1 aliphatic carbocycles. The summed E-state index contributed by atoms with van der Waals surface area (Å²) in [7, 11) is -1.79. The summed E-state index contributed by atoms with van der Waals surface area (Å²) < 4.78 is 25.1. The molecule has 138 valence electrons. The molecule has 0 bridgehead atoms. The van der Waals surface area contributed by atoms with Crippen molar-refractivity contribution in [2.75, 3.05) is 17.1 Å². The number of rotatable bonds is 5. The van der Waals surface area contributed by atoms with E-state index < -0.39 is 10.0 Å². The first kappa shape index (κ1) is 18.5. The summed E-state index contributed by atoms with van der Waals surface area (Å²) in [6, 6.07) is 14.9. The topological polar surface area (TPSA) is 66.5 Å². The van der Waals surface area contributed by atoms with Gasteiger partial charge in [-0.05, 0) is 61.6 Å². The lowest BCUT2D eigenvalue weighted by Gasteiger charge is -2.26. The molecule has 0 radical (unpaired) electrons. The molecule has 1 atom stereocenters. The zero-order valence-corrected chi connectivity index (χ0v) is 15.9. The molecule has 26 heavy (non-hydrogen) atoms. The van der Waals surface area contributed by atoms with Crippen molar-refractivity contribution in [2.45, 2.75) is 32.2 Å². The summed E-state index contributed by atoms with van der Waals surface area (Å²) in [5.74, 6) is -0.105. The van der Waals surface area contributed by atoms with Crippen LogP contribution in [0.1, 0.15) is 47.3 Å². The number of nitrogens with one attached hydrogen (secondary N) is 1. The van der Waals surface area contributed by atoms with Gasteiger partial charge in [-0.15, -0.1) is 0 Å². The summed E-state index contributed by atoms with van der Waals surface area (Å²) in [5, 5.41) is 3.11. The number of anilines is 1. The standard InChI is InChI=1S/C20H24N2O3S/c1-3-26(24,25)22(2)17-13-11-16(12-14-17)20(23)21-19-10-6-8-15-7-4-5-9-18(15)19/h4-5,7,9,11-14,19H,3,6,8,10H2,1-2H3,(H,21,23)/t19-/m0/s1. The van der Waals surface area contributed by atoms with Gasteiger partial charge in [0.05, 0.1) is 17.5 Å². The van der Waals surface area contributed by atoms with Crippen LogP contribution in [0.2, 0.25) is 0 Å². The van der Waals surface area contributed by atoms with E-state index >= 15 is 0 Å². The lowest BCUT2D eigenvalue weighted by Crippen LogP contribution is -2.31. The van der Waals surface area contributed by atoms with Crippen LogP contribution in [-0.2, 0) is 16.4 Å². The molecule has 0 spiro atoms. The van der Waals surface area contributed by atoms with Crippen LogP contribution < -0.4 is 9.62 Å². The lowest BCUT2D eigenvalue weighted by atomic mass is 9.87. The summed E-state index contributed by atoms with van der Waals surface area (Å²) in [4.78, 5) is 12.6. The van der Waals surface area contributed by atoms with Gasteiger partial charge in [0, 0.05) is 12.6 Å². The second-order valence-electron chi connectivity index (χ2n) is 6.53. The molecule has 2 aromatic carbocycles. The third-order valence-electron chi connectivity index (χ3n) is 4.95. The molecule has 0 saturated heterocycles. The molecular weight excluding hydrogens is 348 g/mol. The average molecular weight is 372 g/mol. The molecule has 0 heterocycles. The van der Waals surface area contributed by atoms with Crippen molar-refractivity contribution in [2.24, 2.45) is 0 Å². The van der Waals surface area contributed by atoms with Crippen LogP contribution >= 0.6 is 0 Å². The molecule has 1 amide bonds. The zero-order valence-electron chi connectivity index (χ0n) is 15.1. The minimum atomic E-state index is -3.31. The maximum atomic E-state index is 12.6. The van der Waals surface area contributed by atoms with E-state index in [0.717, 1.165) is 19.3 Å². The first-order valence-corrected chi connectivity index (χ1v) is 10.5. The molecule has 3 rings (SSSR count). The molecule has 0 fully saturated rings. The van der Waals surface area contributed by atoms with Gasteiger partial charge in [0.1, 0.15) is 0 Å². The Hall–Kier alpha value is -2.34. The Bertz CT molecular complexity index is 892. The molecule has 1 aliphatic rings. The highest BCUT2D eigenvalue weighted by atomic mass is 32.2. The van der Waals surface area contributed by atoms with E-state index in [-0.39, 0.29) is 17.7 Å². The number of nitrogens with zero attached hydrogens (tertiary/aromatic N) is 1. The Morgan fingerprint density at radius 2 is 1.85 bits per heavy atom. The molecular formula is C20H24N2O3S. The van der Waals surface area contributed by atoms with Crippen LogP contribution in [0.4, 0.5) is 5.69 Å². The van der Waals surface area contributed by atoms with Gasteiger partial charge in [0.25, 0.3) is 5.91 Å². The Labute approximate surface area is 155 Å². The monoisotopic (exact) mass is 372 g/mol. The van der Waals surface area contributed by atoms with Gasteiger partial charge in [-0.2, -0.15) is 0 Å². The Morgan fingerprint density at radius 1 is 1.15 bits per heavy atom. The van der Waals surface area contributed by atoms with Crippen molar-refractivity contribution in [3.8, 4) is 0 Å². The number of carbonyl (C=O) groups is 1. The number of hydrogen-bond donors (Lipinski definition) is 1. The Balaban J connectivity index is 1.74. The van der Waals surface area contributed by atoms with Gasteiger partial charge in [0.15, 0.2) is 0 Å². The van der Waals surface area contributed by atoms with Gasteiger partial charge in [-0.1, -0.05) is 24.3 Å². The Morgan fingerprint density at radius 3 is 2.54 bits per heavy atom. The molecule has 2 aromatic rings. The molecule has 0 aliphatic heterocycles. The average Bonchev–Trinajstić information content (AvgIpc) is 2.67. The largest absolute Gasteiger partial charge is 0.345 e. The summed E-state index contributed by atoms with van der Waals surface area (Å²) in [5.41, 5.74) is 3.56. The highest BCUT2D eigenvalue weighted by molar-refractivity contribution is 7.92. The smallest absolute Gasteiger partial charge is 0.251 e. The van der Waals surface area contributed by atoms with Crippen molar-refractivity contribution >= 4 is 21.6 Å². The summed E-state index contributed by atoms with van der Waals surface area (Å²) in [6.45, 7) is 1.61. The van der Waals surface area contributed by atoms with Crippen molar-refractivity contribution in [3.63, 3.8) is 0 Å². The summed E-state index contributed by atoms with van der Waals surface area (Å²) in [6.07, 6.45) is 3.04. The number of benzene rings is 2. The minimum Gasteiger partial charge on any atom is -0.345 e. The fourth-order valence-electron chi connectivity index (χ4n) is 3.32. The molecule has 0 aromatic heterocycles. The molecule has 5 nitrogen and oxygen atoms in total. The van der Waals surface area contributed by atoms with E-state index in [2.05, 4.69) is 17.4 Å². The highest BCUT2D eigenvalue weighted by Gasteiger charge is 2.22. The molecule has 6 heteroatoms. The fourth-order valence-corrected chi connectivity index (χ4v) is 4.15. The highest BCUT2D eigenvalue weighted by Crippen LogP contribution is 2.29. The Kier molecular flexibility index (Phi) is 5.32. The number of hydrogen-bond acceptors (Lipinski definition) is 3. The second-order valence-corrected chi connectivity index (χ2v) is 8.82.